The van der Waals surface area contributed by atoms with Crippen molar-refractivity contribution >= 4 is 39.2 Å². The molecule has 4 fully saturated rings. The van der Waals surface area contributed by atoms with E-state index in [1.807, 2.05) is 23.9 Å². The second-order valence-electron chi connectivity index (χ2n) is 13.1. The maximum absolute atomic E-state index is 16.9. The molecule has 2 unspecified atom stereocenters. The number of ether oxygens (including phenoxy) is 2. The molecule has 0 aliphatic carbocycles. The van der Waals surface area contributed by atoms with E-state index in [1.165, 1.54) is 0 Å². The van der Waals surface area contributed by atoms with E-state index in [4.69, 9.17) is 31.0 Å². The summed E-state index contributed by atoms with van der Waals surface area (Å²) < 4.78 is 30.8. The van der Waals surface area contributed by atoms with Crippen LogP contribution >= 0.6 is 11.6 Å². The summed E-state index contributed by atoms with van der Waals surface area (Å²) in [4.78, 5) is 14.5. The number of fused-ring (bicyclic) bond motifs is 5. The number of hydrogen-bond acceptors (Lipinski definition) is 8. The van der Waals surface area contributed by atoms with Crippen LogP contribution in [0.15, 0.2) is 30.5 Å². The molecule has 0 amide bonds. The van der Waals surface area contributed by atoms with E-state index in [1.54, 1.807) is 25.3 Å². The van der Waals surface area contributed by atoms with Crippen LogP contribution in [0.2, 0.25) is 5.02 Å². The molecule has 2 bridgehead atoms. The molecule has 4 aliphatic rings. The van der Waals surface area contributed by atoms with Crippen molar-refractivity contribution in [3.05, 3.63) is 41.3 Å². The normalized spacial score (nSPS) is 26.7. The van der Waals surface area contributed by atoms with E-state index in [-0.39, 0.29) is 33.4 Å². The smallest absolute Gasteiger partial charge is 0.319 e. The number of rotatable bonds is 7. The first kappa shape index (κ1) is 28.3. The summed E-state index contributed by atoms with van der Waals surface area (Å²) in [7, 11) is 3.65. The van der Waals surface area contributed by atoms with Gasteiger partial charge in [0.1, 0.15) is 23.7 Å². The highest BCUT2D eigenvalue weighted by molar-refractivity contribution is 6.35. The Kier molecular flexibility index (Phi) is 6.90. The van der Waals surface area contributed by atoms with Crippen LogP contribution in [0.3, 0.4) is 0 Å². The first-order valence-electron chi connectivity index (χ1n) is 15.7. The zero-order valence-corrected chi connectivity index (χ0v) is 25.9. The molecule has 44 heavy (non-hydrogen) atoms. The lowest BCUT2D eigenvalue weighted by molar-refractivity contribution is 0.0521. The minimum atomic E-state index is -0.517. The Morgan fingerprint density at radius 2 is 1.93 bits per heavy atom. The molecule has 2 aromatic heterocycles. The van der Waals surface area contributed by atoms with E-state index < -0.39 is 5.82 Å². The van der Waals surface area contributed by atoms with Gasteiger partial charge in [-0.25, -0.2) is 4.39 Å². The molecular formula is C33H38ClFN6O3. The molecule has 6 heterocycles. The van der Waals surface area contributed by atoms with Crippen molar-refractivity contribution in [3.8, 4) is 22.9 Å². The molecule has 232 valence electrons. The van der Waals surface area contributed by atoms with Crippen LogP contribution in [0.5, 0.6) is 11.8 Å². The lowest BCUT2D eigenvalue weighted by atomic mass is 9.95. The number of methoxy groups -OCH3 is 1. The van der Waals surface area contributed by atoms with Crippen LogP contribution in [0.25, 0.3) is 32.9 Å². The van der Waals surface area contributed by atoms with Crippen LogP contribution < -0.4 is 15.0 Å². The lowest BCUT2D eigenvalue weighted by Crippen LogP contribution is -2.51. The molecule has 2 aromatic carbocycles. The number of hydrogen-bond donors (Lipinski definition) is 2. The van der Waals surface area contributed by atoms with Gasteiger partial charge in [-0.1, -0.05) is 11.6 Å². The predicted octanol–water partition coefficient (Wildman–Crippen LogP) is 5.25. The Bertz CT molecular complexity index is 1750. The monoisotopic (exact) mass is 620 g/mol. The second-order valence-corrected chi connectivity index (χ2v) is 13.5. The van der Waals surface area contributed by atoms with Crippen molar-refractivity contribution in [2.75, 3.05) is 44.9 Å². The van der Waals surface area contributed by atoms with Crippen LogP contribution in [0.1, 0.15) is 38.5 Å². The fourth-order valence-electron chi connectivity index (χ4n) is 8.44. The molecular weight excluding hydrogens is 583 g/mol. The van der Waals surface area contributed by atoms with Gasteiger partial charge in [0.15, 0.2) is 5.82 Å². The number of anilines is 1. The number of piperazine rings is 1. The van der Waals surface area contributed by atoms with Crippen molar-refractivity contribution in [1.29, 1.82) is 0 Å². The minimum Gasteiger partial charge on any atom is -0.508 e. The summed E-state index contributed by atoms with van der Waals surface area (Å²) in [6.45, 7) is 3.76. The fourth-order valence-corrected chi connectivity index (χ4v) is 8.74. The summed E-state index contributed by atoms with van der Waals surface area (Å²) in [6, 6.07) is 8.20. The number of aromatic hydroxyl groups is 1. The molecule has 8 rings (SSSR count). The number of nitrogens with zero attached hydrogens (tertiary/aromatic N) is 5. The fraction of sp³-hybridized carbons (Fsp3) is 0.515. The first-order valence-corrected chi connectivity index (χ1v) is 16.1. The lowest BCUT2D eigenvalue weighted by Gasteiger charge is -2.35. The average molecular weight is 621 g/mol. The number of nitrogens with one attached hydrogen (secondary N) is 1. The highest BCUT2D eigenvalue weighted by atomic mass is 35.5. The largest absolute Gasteiger partial charge is 0.508 e. The molecule has 2 N–H and O–H groups in total. The van der Waals surface area contributed by atoms with Gasteiger partial charge >= 0.3 is 6.01 Å². The van der Waals surface area contributed by atoms with Gasteiger partial charge in [0.2, 0.25) is 0 Å². The van der Waals surface area contributed by atoms with Crippen molar-refractivity contribution in [1.82, 2.24) is 24.8 Å². The first-order chi connectivity index (χ1) is 21.3. The van der Waals surface area contributed by atoms with Crippen molar-refractivity contribution < 1.29 is 19.0 Å². The summed E-state index contributed by atoms with van der Waals surface area (Å²) in [5, 5.41) is 15.5. The van der Waals surface area contributed by atoms with E-state index >= 15 is 4.39 Å². The summed E-state index contributed by atoms with van der Waals surface area (Å²) in [6.07, 6.45) is 8.35. The molecule has 4 atom stereocenters. The Morgan fingerprint density at radius 3 is 2.73 bits per heavy atom. The number of aromatic nitrogens is 3. The third-order valence-electron chi connectivity index (χ3n) is 10.5. The third kappa shape index (κ3) is 4.52. The molecule has 0 spiro atoms. The molecule has 4 saturated heterocycles. The van der Waals surface area contributed by atoms with E-state index in [0.29, 0.717) is 53.5 Å². The highest BCUT2D eigenvalue weighted by Crippen LogP contribution is 2.45. The Hall–Kier alpha value is -3.18. The Balaban J connectivity index is 1.24. The molecule has 0 saturated carbocycles. The molecule has 0 radical (unpaired) electrons. The maximum atomic E-state index is 16.9. The standard InChI is InChI=1S/C33H38ClFN6O3/c1-39-16-25(23-12-22(42)6-7-27(23)39)28-26(34)13-24-30(29(28)35)37-32(38-31(24)40-14-19-4-5-20(15-40)36-19)44-18-33-9-3-11-41(33)21(8-10-33)17-43-2/h6-7,12-13,16,19-21,36,42H,3-5,8-11,14-15,17-18H2,1-2H3/t19?,20?,21-,33-/m1/s1. The minimum absolute atomic E-state index is 0.0789. The quantitative estimate of drug-likeness (QED) is 0.290. The van der Waals surface area contributed by atoms with Gasteiger partial charge < -0.3 is 29.4 Å². The van der Waals surface area contributed by atoms with Crippen LogP contribution in [-0.4, -0.2) is 88.2 Å². The van der Waals surface area contributed by atoms with Gasteiger partial charge in [-0.2, -0.15) is 9.97 Å². The molecule has 4 aliphatic heterocycles. The van der Waals surface area contributed by atoms with Crippen molar-refractivity contribution in [2.45, 2.75) is 62.2 Å². The Morgan fingerprint density at radius 1 is 1.11 bits per heavy atom. The third-order valence-corrected chi connectivity index (χ3v) is 10.8. The highest BCUT2D eigenvalue weighted by Gasteiger charge is 2.49. The van der Waals surface area contributed by atoms with Gasteiger partial charge in [-0.3, -0.25) is 4.90 Å². The van der Waals surface area contributed by atoms with E-state index in [9.17, 15) is 5.11 Å². The van der Waals surface area contributed by atoms with Crippen molar-refractivity contribution in [3.63, 3.8) is 0 Å². The summed E-state index contributed by atoms with van der Waals surface area (Å²) >= 11 is 6.91. The number of phenolic OH excluding ortho intramolecular Hbond substituents is 1. The molecule has 9 nitrogen and oxygen atoms in total. The number of halogens is 2. The molecule has 4 aromatic rings. The predicted molar refractivity (Wildman–Crippen MR) is 169 cm³/mol. The second kappa shape index (κ2) is 10.7. The van der Waals surface area contributed by atoms with Gasteiger partial charge in [0.25, 0.3) is 0 Å². The van der Waals surface area contributed by atoms with Gasteiger partial charge in [0.05, 0.1) is 17.2 Å². The Labute approximate surface area is 260 Å². The van der Waals surface area contributed by atoms with Gasteiger partial charge in [-0.05, 0) is 69.3 Å². The van der Waals surface area contributed by atoms with Crippen LogP contribution in [0.4, 0.5) is 10.2 Å². The zero-order chi connectivity index (χ0) is 30.2. The number of phenols is 1. The van der Waals surface area contributed by atoms with Gasteiger partial charge in [0, 0.05) is 79.0 Å². The zero-order valence-electron chi connectivity index (χ0n) is 25.2. The van der Waals surface area contributed by atoms with Gasteiger partial charge in [-0.15, -0.1) is 0 Å². The van der Waals surface area contributed by atoms with E-state index in [0.717, 1.165) is 63.7 Å². The average Bonchev–Trinajstić information content (AvgIpc) is 3.75. The topological polar surface area (TPSA) is 87.9 Å². The summed E-state index contributed by atoms with van der Waals surface area (Å²) in [5.74, 6) is 0.253. The maximum Gasteiger partial charge on any atom is 0.319 e. The van der Waals surface area contributed by atoms with Crippen LogP contribution in [-0.2, 0) is 11.8 Å². The van der Waals surface area contributed by atoms with Crippen molar-refractivity contribution in [2.24, 2.45) is 7.05 Å². The number of benzene rings is 2. The SMILES string of the molecule is COC[C@H]1CC[C@@]2(COc3nc(N4CC5CCC(C4)N5)c4cc(Cl)c(-c5cn(C)c6ccc(O)cc56)c(F)c4n3)CCCN12. The van der Waals surface area contributed by atoms with Crippen LogP contribution in [0, 0.1) is 5.82 Å². The number of aryl methyl sites for hydroxylation is 1. The summed E-state index contributed by atoms with van der Waals surface area (Å²) in [5.41, 5.74) is 1.83. The molecule has 11 heteroatoms. The van der Waals surface area contributed by atoms with E-state index in [2.05, 4.69) is 15.1 Å².